The Labute approximate surface area is 214 Å². The van der Waals surface area contributed by atoms with E-state index in [1.54, 1.807) is 37.7 Å². The van der Waals surface area contributed by atoms with Crippen LogP contribution in [0.25, 0.3) is 22.4 Å². The van der Waals surface area contributed by atoms with Crippen LogP contribution < -0.4 is 14.8 Å². The summed E-state index contributed by atoms with van der Waals surface area (Å²) < 4.78 is 11.7. The number of hydrogen-bond donors (Lipinski definition) is 1. The summed E-state index contributed by atoms with van der Waals surface area (Å²) in [5.74, 6) is 1.19. The molecule has 0 radical (unpaired) electrons. The smallest absolute Gasteiger partial charge is 0.255 e. The summed E-state index contributed by atoms with van der Waals surface area (Å²) >= 11 is 0. The average molecular weight is 489 g/mol. The first-order valence-corrected chi connectivity index (χ1v) is 11.7. The highest BCUT2D eigenvalue weighted by molar-refractivity contribution is 6.05. The molecular weight excluding hydrogens is 464 g/mol. The second-order valence-corrected chi connectivity index (χ2v) is 8.27. The van der Waals surface area contributed by atoms with E-state index in [-0.39, 0.29) is 5.91 Å². The number of carbonyl (C=O) groups is 1. The van der Waals surface area contributed by atoms with Crippen molar-refractivity contribution < 1.29 is 14.3 Å². The predicted octanol–water partition coefficient (Wildman–Crippen LogP) is 6.57. The van der Waals surface area contributed by atoms with E-state index in [0.29, 0.717) is 34.3 Å². The molecule has 1 amide bonds. The predicted molar refractivity (Wildman–Crippen MR) is 143 cm³/mol. The van der Waals surface area contributed by atoms with Crippen LogP contribution in [0.1, 0.15) is 15.9 Å². The summed E-state index contributed by atoms with van der Waals surface area (Å²) in [5.41, 5.74) is 5.30. The fraction of sp³-hybridized carbons (Fsp3) is 0.0667. The van der Waals surface area contributed by atoms with Gasteiger partial charge in [0.2, 0.25) is 5.88 Å². The Hall–Kier alpha value is -5.04. The highest BCUT2D eigenvalue weighted by Gasteiger charge is 2.15. The van der Waals surface area contributed by atoms with Crippen molar-refractivity contribution in [2.24, 2.45) is 0 Å². The molecule has 0 saturated heterocycles. The van der Waals surface area contributed by atoms with Gasteiger partial charge in [-0.3, -0.25) is 4.79 Å². The molecule has 5 aromatic rings. The Kier molecular flexibility index (Phi) is 6.85. The molecule has 0 aliphatic carbocycles. The van der Waals surface area contributed by atoms with Gasteiger partial charge in [0, 0.05) is 18.0 Å². The van der Waals surface area contributed by atoms with E-state index < -0.39 is 0 Å². The van der Waals surface area contributed by atoms with Gasteiger partial charge in [-0.15, -0.1) is 0 Å². The maximum atomic E-state index is 13.3. The lowest BCUT2D eigenvalue weighted by atomic mass is 10.0. The van der Waals surface area contributed by atoms with Gasteiger partial charge >= 0.3 is 0 Å². The number of aromatic nitrogens is 3. The summed E-state index contributed by atoms with van der Waals surface area (Å²) in [7, 11) is 1.58. The van der Waals surface area contributed by atoms with Crippen molar-refractivity contribution in [1.29, 1.82) is 0 Å². The molecule has 2 heterocycles. The maximum absolute atomic E-state index is 13.3. The summed E-state index contributed by atoms with van der Waals surface area (Å²) in [5, 5.41) is 2.98. The van der Waals surface area contributed by atoms with Crippen LogP contribution in [0.4, 0.5) is 5.69 Å². The first-order valence-electron chi connectivity index (χ1n) is 11.7. The minimum absolute atomic E-state index is 0.287. The number of methoxy groups -OCH3 is 1. The number of ether oxygens (including phenoxy) is 2. The normalized spacial score (nSPS) is 10.5. The second kappa shape index (κ2) is 10.7. The highest BCUT2D eigenvalue weighted by atomic mass is 16.5. The van der Waals surface area contributed by atoms with Crippen molar-refractivity contribution >= 4 is 11.6 Å². The number of amides is 1. The minimum Gasteiger partial charge on any atom is -0.495 e. The van der Waals surface area contributed by atoms with E-state index in [1.807, 2.05) is 73.7 Å². The average Bonchev–Trinajstić information content (AvgIpc) is 2.95. The number of benzene rings is 3. The number of rotatable bonds is 7. The van der Waals surface area contributed by atoms with Crippen LogP contribution >= 0.6 is 0 Å². The number of hydrogen-bond acceptors (Lipinski definition) is 6. The summed E-state index contributed by atoms with van der Waals surface area (Å²) in [6.45, 7) is 1.91. The van der Waals surface area contributed by atoms with Crippen molar-refractivity contribution in [3.8, 4) is 39.8 Å². The Morgan fingerprint density at radius 1 is 0.811 bits per heavy atom. The van der Waals surface area contributed by atoms with Crippen LogP contribution in [0.5, 0.6) is 17.4 Å². The lowest BCUT2D eigenvalue weighted by Crippen LogP contribution is -2.13. The quantitative estimate of drug-likeness (QED) is 0.279. The first kappa shape index (κ1) is 23.7. The molecule has 1 N–H and O–H groups in total. The number of nitrogens with one attached hydrogen (secondary N) is 1. The summed E-state index contributed by atoms with van der Waals surface area (Å²) in [6.07, 6.45) is 4.79. The van der Waals surface area contributed by atoms with Crippen LogP contribution in [0.3, 0.4) is 0 Å². The zero-order valence-electron chi connectivity index (χ0n) is 20.4. The van der Waals surface area contributed by atoms with Gasteiger partial charge in [-0.05, 0) is 66.1 Å². The molecule has 37 heavy (non-hydrogen) atoms. The SMILES string of the molecule is COc1ccc(-c2ccccc2)cc1NC(=O)c1ccc(C)c(Oc2ncccc2-c2ccncn2)c1. The number of anilines is 1. The molecule has 7 nitrogen and oxygen atoms in total. The second-order valence-electron chi connectivity index (χ2n) is 8.27. The Morgan fingerprint density at radius 3 is 2.46 bits per heavy atom. The molecule has 0 atom stereocenters. The third-order valence-electron chi connectivity index (χ3n) is 5.84. The highest BCUT2D eigenvalue weighted by Crippen LogP contribution is 2.33. The monoisotopic (exact) mass is 488 g/mol. The minimum atomic E-state index is -0.287. The zero-order chi connectivity index (χ0) is 25.6. The molecule has 3 aromatic carbocycles. The van der Waals surface area contributed by atoms with E-state index in [2.05, 4.69) is 20.3 Å². The Morgan fingerprint density at radius 2 is 1.68 bits per heavy atom. The standard InChI is InChI=1S/C30H24N4O3/c1-20-10-11-23(18-28(20)37-30-24(9-6-15-32-30)25-14-16-31-19-33-25)29(35)34-26-17-22(12-13-27(26)36-2)21-7-4-3-5-8-21/h3-19H,1-2H3,(H,34,35). The van der Waals surface area contributed by atoms with Crippen molar-refractivity contribution in [1.82, 2.24) is 15.0 Å². The third kappa shape index (κ3) is 5.31. The van der Waals surface area contributed by atoms with E-state index in [0.717, 1.165) is 22.3 Å². The van der Waals surface area contributed by atoms with Crippen molar-refractivity contribution in [3.63, 3.8) is 0 Å². The van der Waals surface area contributed by atoms with Gasteiger partial charge < -0.3 is 14.8 Å². The van der Waals surface area contributed by atoms with Gasteiger partial charge in [0.1, 0.15) is 17.8 Å². The van der Waals surface area contributed by atoms with Gasteiger partial charge in [-0.1, -0.05) is 42.5 Å². The molecule has 0 unspecified atom stereocenters. The molecule has 0 aliphatic rings. The van der Waals surface area contributed by atoms with E-state index in [1.165, 1.54) is 6.33 Å². The molecule has 0 saturated carbocycles. The topological polar surface area (TPSA) is 86.2 Å². The van der Waals surface area contributed by atoms with Gasteiger partial charge in [0.05, 0.1) is 24.1 Å². The number of aryl methyl sites for hydroxylation is 1. The molecule has 0 spiro atoms. The molecule has 182 valence electrons. The molecule has 0 aliphatic heterocycles. The summed E-state index contributed by atoms with van der Waals surface area (Å²) in [6, 6.07) is 26.5. The fourth-order valence-electron chi connectivity index (χ4n) is 3.88. The largest absolute Gasteiger partial charge is 0.495 e. The van der Waals surface area contributed by atoms with E-state index in [4.69, 9.17) is 9.47 Å². The van der Waals surface area contributed by atoms with Crippen LogP contribution in [0, 0.1) is 6.92 Å². The maximum Gasteiger partial charge on any atom is 0.255 e. The lowest BCUT2D eigenvalue weighted by Gasteiger charge is -2.14. The van der Waals surface area contributed by atoms with E-state index in [9.17, 15) is 4.79 Å². The number of nitrogens with zero attached hydrogens (tertiary/aromatic N) is 3. The molecule has 0 fully saturated rings. The molecule has 2 aromatic heterocycles. The molecule has 0 bridgehead atoms. The van der Waals surface area contributed by atoms with E-state index >= 15 is 0 Å². The van der Waals surface area contributed by atoms with Gasteiger partial charge in [-0.2, -0.15) is 0 Å². The molecule has 7 heteroatoms. The van der Waals surface area contributed by atoms with Crippen molar-refractivity contribution in [2.75, 3.05) is 12.4 Å². The van der Waals surface area contributed by atoms with Crippen LogP contribution in [-0.2, 0) is 0 Å². The van der Waals surface area contributed by atoms with Crippen molar-refractivity contribution in [2.45, 2.75) is 6.92 Å². The van der Waals surface area contributed by atoms with Crippen molar-refractivity contribution in [3.05, 3.63) is 115 Å². The Bertz CT molecular complexity index is 1540. The van der Waals surface area contributed by atoms with Crippen LogP contribution in [0.15, 0.2) is 104 Å². The lowest BCUT2D eigenvalue weighted by molar-refractivity contribution is 0.102. The van der Waals surface area contributed by atoms with Crippen LogP contribution in [-0.4, -0.2) is 28.0 Å². The van der Waals surface area contributed by atoms with Gasteiger partial charge in [0.15, 0.2) is 0 Å². The zero-order valence-corrected chi connectivity index (χ0v) is 20.4. The van der Waals surface area contributed by atoms with Gasteiger partial charge in [0.25, 0.3) is 5.91 Å². The fourth-order valence-corrected chi connectivity index (χ4v) is 3.88. The number of pyridine rings is 1. The summed E-state index contributed by atoms with van der Waals surface area (Å²) in [4.78, 5) is 26.0. The Balaban J connectivity index is 1.42. The van der Waals surface area contributed by atoms with Gasteiger partial charge in [-0.25, -0.2) is 15.0 Å². The third-order valence-corrected chi connectivity index (χ3v) is 5.84. The van der Waals surface area contributed by atoms with Crippen LogP contribution in [0.2, 0.25) is 0 Å². The molecule has 5 rings (SSSR count). The first-order chi connectivity index (χ1) is 18.1. The molecular formula is C30H24N4O3. The number of carbonyl (C=O) groups excluding carboxylic acids is 1.